The van der Waals surface area contributed by atoms with Crippen LogP contribution >= 0.6 is 0 Å². The van der Waals surface area contributed by atoms with Gasteiger partial charge in [0.25, 0.3) is 0 Å². The van der Waals surface area contributed by atoms with Gasteiger partial charge in [-0.1, -0.05) is 38.1 Å². The molecule has 0 aliphatic rings. The molecule has 0 fully saturated rings. The van der Waals surface area contributed by atoms with Gasteiger partial charge in [-0.05, 0) is 13.0 Å². The average Bonchev–Trinajstić information content (AvgIpc) is 2.78. The summed E-state index contributed by atoms with van der Waals surface area (Å²) in [5, 5.41) is 15.6. The Balaban J connectivity index is 2.27. The number of rotatable bonds is 6. The van der Waals surface area contributed by atoms with E-state index < -0.39 is 6.10 Å². The van der Waals surface area contributed by atoms with Gasteiger partial charge in [-0.25, -0.2) is 0 Å². The van der Waals surface area contributed by atoms with Crippen molar-refractivity contribution in [3.63, 3.8) is 0 Å². The number of furan rings is 1. The zero-order valence-corrected chi connectivity index (χ0v) is 11.1. The van der Waals surface area contributed by atoms with Crippen LogP contribution in [0.5, 0.6) is 0 Å². The normalized spacial score (nSPS) is 13.1. The first-order chi connectivity index (χ1) is 8.77. The number of hydrogen-bond donors (Lipinski definition) is 2. The van der Waals surface area contributed by atoms with Crippen LogP contribution < -0.4 is 5.32 Å². The van der Waals surface area contributed by atoms with Gasteiger partial charge in [-0.15, -0.1) is 0 Å². The van der Waals surface area contributed by atoms with Crippen LogP contribution in [0, 0.1) is 0 Å². The summed E-state index contributed by atoms with van der Waals surface area (Å²) >= 11 is 0. The summed E-state index contributed by atoms with van der Waals surface area (Å²) in [6.07, 6.45) is 1.32. The van der Waals surface area contributed by atoms with Crippen molar-refractivity contribution in [2.45, 2.75) is 32.8 Å². The van der Waals surface area contributed by atoms with Crippen LogP contribution in [-0.4, -0.2) is 18.2 Å². The van der Waals surface area contributed by atoms with E-state index >= 15 is 0 Å². The summed E-state index contributed by atoms with van der Waals surface area (Å²) in [6.45, 7) is 5.62. The zero-order chi connectivity index (χ0) is 13.0. The van der Waals surface area contributed by atoms with Gasteiger partial charge in [0.1, 0.15) is 17.6 Å². The molecule has 0 bridgehead atoms. The molecule has 1 heterocycles. The van der Waals surface area contributed by atoms with Crippen LogP contribution in [0.25, 0.3) is 10.8 Å². The van der Waals surface area contributed by atoms with Crippen LogP contribution in [0.15, 0.2) is 28.7 Å². The SMILES string of the molecule is CCCNCC(O)c1oc(CC)c2ccccc12. The molecular formula is C15H21NO2. The number of fused-ring (bicyclic) bond motifs is 1. The van der Waals surface area contributed by atoms with Gasteiger partial charge < -0.3 is 14.8 Å². The molecule has 0 saturated heterocycles. The van der Waals surface area contributed by atoms with E-state index in [1.54, 1.807) is 0 Å². The molecule has 18 heavy (non-hydrogen) atoms. The summed E-state index contributed by atoms with van der Waals surface area (Å²) in [5.41, 5.74) is 0. The molecule has 3 heteroatoms. The van der Waals surface area contributed by atoms with Crippen LogP contribution in [0.3, 0.4) is 0 Å². The molecule has 98 valence electrons. The molecule has 0 radical (unpaired) electrons. The fourth-order valence-electron chi connectivity index (χ4n) is 2.20. The lowest BCUT2D eigenvalue weighted by Gasteiger charge is -2.09. The fourth-order valence-corrected chi connectivity index (χ4v) is 2.20. The zero-order valence-electron chi connectivity index (χ0n) is 11.1. The molecule has 3 nitrogen and oxygen atoms in total. The highest BCUT2D eigenvalue weighted by Crippen LogP contribution is 2.30. The second-order valence-corrected chi connectivity index (χ2v) is 4.51. The summed E-state index contributed by atoms with van der Waals surface area (Å²) in [4.78, 5) is 0. The fraction of sp³-hybridized carbons (Fsp3) is 0.467. The predicted octanol–water partition coefficient (Wildman–Crippen LogP) is 3.03. The number of benzene rings is 1. The molecule has 1 unspecified atom stereocenters. The minimum atomic E-state index is -0.582. The first-order valence-electron chi connectivity index (χ1n) is 6.67. The van der Waals surface area contributed by atoms with E-state index in [1.807, 2.05) is 24.3 Å². The van der Waals surface area contributed by atoms with Crippen LogP contribution in [-0.2, 0) is 6.42 Å². The number of hydrogen-bond acceptors (Lipinski definition) is 3. The molecule has 2 aromatic rings. The molecule has 1 aromatic carbocycles. The van der Waals surface area contributed by atoms with E-state index in [1.165, 1.54) is 0 Å². The van der Waals surface area contributed by atoms with Crippen molar-refractivity contribution in [1.82, 2.24) is 5.32 Å². The van der Waals surface area contributed by atoms with E-state index in [4.69, 9.17) is 4.42 Å². The van der Waals surface area contributed by atoms with E-state index in [0.29, 0.717) is 12.3 Å². The van der Waals surface area contributed by atoms with Gasteiger partial charge in [0.05, 0.1) is 0 Å². The molecule has 0 spiro atoms. The molecule has 0 amide bonds. The van der Waals surface area contributed by atoms with E-state index in [9.17, 15) is 5.11 Å². The Morgan fingerprint density at radius 3 is 2.61 bits per heavy atom. The Bertz CT molecular complexity index is 504. The average molecular weight is 247 g/mol. The third kappa shape index (κ3) is 2.57. The molecule has 0 aliphatic carbocycles. The molecule has 2 rings (SSSR count). The Labute approximate surface area is 108 Å². The van der Waals surface area contributed by atoms with Gasteiger partial charge in [0, 0.05) is 23.7 Å². The van der Waals surface area contributed by atoms with Crippen molar-refractivity contribution in [2.24, 2.45) is 0 Å². The Kier molecular flexibility index (Phi) is 4.39. The molecule has 2 N–H and O–H groups in total. The summed E-state index contributed by atoms with van der Waals surface area (Å²) < 4.78 is 5.82. The summed E-state index contributed by atoms with van der Waals surface area (Å²) in [7, 11) is 0. The van der Waals surface area contributed by atoms with Gasteiger partial charge in [-0.2, -0.15) is 0 Å². The molecule has 0 aliphatic heterocycles. The number of aryl methyl sites for hydroxylation is 1. The van der Waals surface area contributed by atoms with Crippen molar-refractivity contribution >= 4 is 10.8 Å². The van der Waals surface area contributed by atoms with Gasteiger partial charge in [0.2, 0.25) is 0 Å². The molecule has 1 aromatic heterocycles. The monoisotopic (exact) mass is 247 g/mol. The number of aliphatic hydroxyl groups excluding tert-OH is 1. The maximum absolute atomic E-state index is 10.2. The minimum Gasteiger partial charge on any atom is -0.462 e. The quantitative estimate of drug-likeness (QED) is 0.771. The predicted molar refractivity (Wildman–Crippen MR) is 73.7 cm³/mol. The second kappa shape index (κ2) is 6.03. The smallest absolute Gasteiger partial charge is 0.141 e. The standard InChI is InChI=1S/C15H21NO2/c1-3-9-16-10-13(17)15-12-8-6-5-7-11(12)14(4-2)18-15/h5-8,13,16-17H,3-4,9-10H2,1-2H3. The molecule has 1 atom stereocenters. The van der Waals surface area contributed by atoms with Crippen molar-refractivity contribution < 1.29 is 9.52 Å². The Morgan fingerprint density at radius 2 is 1.94 bits per heavy atom. The third-order valence-electron chi connectivity index (χ3n) is 3.11. The Morgan fingerprint density at radius 1 is 1.22 bits per heavy atom. The highest BCUT2D eigenvalue weighted by atomic mass is 16.4. The minimum absolute atomic E-state index is 0.536. The first-order valence-corrected chi connectivity index (χ1v) is 6.67. The van der Waals surface area contributed by atoms with Crippen molar-refractivity contribution in [3.8, 4) is 0 Å². The summed E-state index contributed by atoms with van der Waals surface area (Å²) in [6, 6.07) is 8.04. The van der Waals surface area contributed by atoms with Crippen LogP contribution in [0.2, 0.25) is 0 Å². The maximum atomic E-state index is 10.2. The lowest BCUT2D eigenvalue weighted by molar-refractivity contribution is 0.148. The van der Waals surface area contributed by atoms with Crippen LogP contribution in [0.4, 0.5) is 0 Å². The highest BCUT2D eigenvalue weighted by molar-refractivity contribution is 5.87. The first kappa shape index (κ1) is 13.1. The second-order valence-electron chi connectivity index (χ2n) is 4.51. The van der Waals surface area contributed by atoms with E-state index in [2.05, 4.69) is 19.2 Å². The largest absolute Gasteiger partial charge is 0.462 e. The van der Waals surface area contributed by atoms with Gasteiger partial charge >= 0.3 is 0 Å². The van der Waals surface area contributed by atoms with Crippen molar-refractivity contribution in [3.05, 3.63) is 35.8 Å². The molecular weight excluding hydrogens is 226 g/mol. The maximum Gasteiger partial charge on any atom is 0.141 e. The number of nitrogens with one attached hydrogen (secondary N) is 1. The van der Waals surface area contributed by atoms with E-state index in [-0.39, 0.29) is 0 Å². The van der Waals surface area contributed by atoms with Crippen molar-refractivity contribution in [2.75, 3.05) is 13.1 Å². The lowest BCUT2D eigenvalue weighted by Crippen LogP contribution is -2.21. The highest BCUT2D eigenvalue weighted by Gasteiger charge is 2.18. The topological polar surface area (TPSA) is 45.4 Å². The Hall–Kier alpha value is -1.32. The lowest BCUT2D eigenvalue weighted by atomic mass is 10.1. The number of aliphatic hydroxyl groups is 1. The molecule has 0 saturated carbocycles. The van der Waals surface area contributed by atoms with E-state index in [0.717, 1.165) is 35.9 Å². The van der Waals surface area contributed by atoms with Gasteiger partial charge in [0.15, 0.2) is 0 Å². The van der Waals surface area contributed by atoms with Crippen molar-refractivity contribution in [1.29, 1.82) is 0 Å². The third-order valence-corrected chi connectivity index (χ3v) is 3.11. The van der Waals surface area contributed by atoms with Gasteiger partial charge in [-0.3, -0.25) is 0 Å². The summed E-state index contributed by atoms with van der Waals surface area (Å²) in [5.74, 6) is 1.64. The van der Waals surface area contributed by atoms with Crippen LogP contribution in [0.1, 0.15) is 37.9 Å².